The van der Waals surface area contributed by atoms with Crippen molar-refractivity contribution >= 4 is 45.0 Å². The summed E-state index contributed by atoms with van der Waals surface area (Å²) in [6.45, 7) is 3.36. The topological polar surface area (TPSA) is 95.6 Å². The lowest BCUT2D eigenvalue weighted by atomic mass is 10.1. The van der Waals surface area contributed by atoms with Gasteiger partial charge in [-0.3, -0.25) is 14.3 Å². The third-order valence-electron chi connectivity index (χ3n) is 5.23. The van der Waals surface area contributed by atoms with Crippen LogP contribution in [0.15, 0.2) is 52.3 Å². The number of aryl methyl sites for hydroxylation is 1. The lowest BCUT2D eigenvalue weighted by Gasteiger charge is -2.27. The molecule has 2 aliphatic rings. The van der Waals surface area contributed by atoms with Gasteiger partial charge in [0.15, 0.2) is 5.25 Å². The van der Waals surface area contributed by atoms with E-state index >= 15 is 0 Å². The predicted molar refractivity (Wildman–Crippen MR) is 117 cm³/mol. The molecule has 1 atom stereocenters. The number of carbonyl (C=O) groups excluding carboxylic acids is 2. The summed E-state index contributed by atoms with van der Waals surface area (Å²) in [6, 6.07) is 11.8. The van der Waals surface area contributed by atoms with E-state index in [0.717, 1.165) is 24.8 Å². The molecule has 30 heavy (non-hydrogen) atoms. The Morgan fingerprint density at radius 1 is 1.20 bits per heavy atom. The summed E-state index contributed by atoms with van der Waals surface area (Å²) in [5.41, 5.74) is 1.92. The number of nitrogens with one attached hydrogen (secondary N) is 2. The van der Waals surface area contributed by atoms with Gasteiger partial charge in [-0.05, 0) is 55.2 Å². The van der Waals surface area contributed by atoms with E-state index in [9.17, 15) is 18.0 Å². The van der Waals surface area contributed by atoms with Gasteiger partial charge in [-0.15, -0.1) is 11.8 Å². The highest BCUT2D eigenvalue weighted by molar-refractivity contribution is 8.01. The molecule has 2 aromatic carbocycles. The molecule has 7 nitrogen and oxygen atoms in total. The Kier molecular flexibility index (Phi) is 5.75. The van der Waals surface area contributed by atoms with E-state index in [4.69, 9.17) is 0 Å². The van der Waals surface area contributed by atoms with Crippen molar-refractivity contribution in [1.29, 1.82) is 0 Å². The second-order valence-electron chi connectivity index (χ2n) is 7.34. The Labute approximate surface area is 180 Å². The summed E-state index contributed by atoms with van der Waals surface area (Å²) in [5.74, 6) is -0.600. The molecule has 2 aliphatic heterocycles. The number of carbonyl (C=O) groups is 2. The summed E-state index contributed by atoms with van der Waals surface area (Å²) in [7, 11) is -3.82. The number of fused-ring (bicyclic) bond motifs is 1. The van der Waals surface area contributed by atoms with Crippen molar-refractivity contribution in [2.75, 3.05) is 23.1 Å². The third-order valence-corrected chi connectivity index (χ3v) is 7.87. The van der Waals surface area contributed by atoms with E-state index in [1.807, 2.05) is 13.0 Å². The van der Waals surface area contributed by atoms with Gasteiger partial charge in [0.2, 0.25) is 11.8 Å². The van der Waals surface area contributed by atoms with Gasteiger partial charge in [-0.25, -0.2) is 8.42 Å². The van der Waals surface area contributed by atoms with E-state index in [1.165, 1.54) is 23.9 Å². The first-order valence-electron chi connectivity index (χ1n) is 9.89. The second kappa shape index (κ2) is 8.31. The Hall–Kier alpha value is -2.52. The molecule has 9 heteroatoms. The molecule has 2 N–H and O–H groups in total. The number of anilines is 2. The van der Waals surface area contributed by atoms with Crippen LogP contribution in [0.25, 0.3) is 0 Å². The van der Waals surface area contributed by atoms with Crippen molar-refractivity contribution in [2.45, 2.75) is 41.2 Å². The number of amides is 2. The minimum Gasteiger partial charge on any atom is -0.341 e. The van der Waals surface area contributed by atoms with Gasteiger partial charge in [-0.2, -0.15) is 0 Å². The van der Waals surface area contributed by atoms with Crippen molar-refractivity contribution < 1.29 is 18.0 Å². The summed E-state index contributed by atoms with van der Waals surface area (Å²) in [5, 5.41) is 1.87. The molecule has 2 aromatic rings. The summed E-state index contributed by atoms with van der Waals surface area (Å²) >= 11 is 1.17. The van der Waals surface area contributed by atoms with Gasteiger partial charge < -0.3 is 10.2 Å². The van der Waals surface area contributed by atoms with Crippen LogP contribution in [0.5, 0.6) is 0 Å². The molecule has 0 saturated carbocycles. The fourth-order valence-electron chi connectivity index (χ4n) is 3.59. The molecule has 158 valence electrons. The van der Waals surface area contributed by atoms with Crippen LogP contribution in [0.4, 0.5) is 11.4 Å². The van der Waals surface area contributed by atoms with Gasteiger partial charge in [0.05, 0.1) is 10.6 Å². The van der Waals surface area contributed by atoms with Crippen LogP contribution in [-0.4, -0.2) is 43.5 Å². The number of thioether (sulfide) groups is 1. The lowest BCUT2D eigenvalue weighted by molar-refractivity contribution is -0.133. The third kappa shape index (κ3) is 4.17. The number of hydrogen-bond donors (Lipinski definition) is 2. The highest BCUT2D eigenvalue weighted by atomic mass is 32.2. The number of likely N-dealkylation sites (tertiary alicyclic amines) is 1. The highest BCUT2D eigenvalue weighted by Crippen LogP contribution is 2.38. The van der Waals surface area contributed by atoms with Crippen molar-refractivity contribution in [3.63, 3.8) is 0 Å². The number of sulfonamides is 1. The molecule has 2 amide bonds. The van der Waals surface area contributed by atoms with E-state index in [0.29, 0.717) is 29.4 Å². The second-order valence-corrected chi connectivity index (χ2v) is 10.2. The largest absolute Gasteiger partial charge is 0.341 e. The van der Waals surface area contributed by atoms with Crippen LogP contribution in [-0.2, 0) is 26.0 Å². The molecule has 0 spiro atoms. The Bertz CT molecular complexity index is 1100. The van der Waals surface area contributed by atoms with Crippen LogP contribution in [0.3, 0.4) is 0 Å². The quantitative estimate of drug-likeness (QED) is 0.690. The number of rotatable bonds is 5. The molecule has 1 fully saturated rings. The summed E-state index contributed by atoms with van der Waals surface area (Å²) in [4.78, 5) is 27.6. The first-order valence-corrected chi connectivity index (χ1v) is 12.3. The number of hydrogen-bond acceptors (Lipinski definition) is 5. The number of benzene rings is 2. The zero-order valence-corrected chi connectivity index (χ0v) is 18.2. The zero-order chi connectivity index (χ0) is 21.3. The van der Waals surface area contributed by atoms with Crippen LogP contribution < -0.4 is 10.0 Å². The van der Waals surface area contributed by atoms with Crippen LogP contribution in [0.1, 0.15) is 25.3 Å². The normalized spacial score (nSPS) is 18.6. The maximum absolute atomic E-state index is 12.8. The van der Waals surface area contributed by atoms with E-state index in [-0.39, 0.29) is 10.8 Å². The Morgan fingerprint density at radius 2 is 1.97 bits per heavy atom. The van der Waals surface area contributed by atoms with Gasteiger partial charge in [0, 0.05) is 23.7 Å². The van der Waals surface area contributed by atoms with Crippen molar-refractivity contribution in [3.05, 3.63) is 48.0 Å². The van der Waals surface area contributed by atoms with E-state index in [1.54, 1.807) is 29.2 Å². The molecule has 0 radical (unpaired) electrons. The molecule has 4 rings (SSSR count). The standard InChI is InChI=1S/C21H23N3O4S2/c1-2-14-6-5-7-15(12-14)23-30(27,28)16-8-9-18-17(13-16)22-20(25)19(29-18)21(26)24-10-3-4-11-24/h5-9,12-13,19,23H,2-4,10-11H2,1H3,(H,22,25). The van der Waals surface area contributed by atoms with E-state index in [2.05, 4.69) is 10.0 Å². The molecule has 0 bridgehead atoms. The zero-order valence-electron chi connectivity index (χ0n) is 16.6. The Balaban J connectivity index is 1.55. The molecular weight excluding hydrogens is 422 g/mol. The Morgan fingerprint density at radius 3 is 2.70 bits per heavy atom. The molecule has 0 aromatic heterocycles. The van der Waals surface area contributed by atoms with Crippen LogP contribution in [0.2, 0.25) is 0 Å². The fraction of sp³-hybridized carbons (Fsp3) is 0.333. The fourth-order valence-corrected chi connectivity index (χ4v) is 5.72. The highest BCUT2D eigenvalue weighted by Gasteiger charge is 2.37. The molecular formula is C21H23N3O4S2. The van der Waals surface area contributed by atoms with Crippen molar-refractivity contribution in [2.24, 2.45) is 0 Å². The molecule has 0 aliphatic carbocycles. The maximum Gasteiger partial charge on any atom is 0.261 e. The average Bonchev–Trinajstić information content (AvgIpc) is 3.27. The van der Waals surface area contributed by atoms with Gasteiger partial charge in [-0.1, -0.05) is 19.1 Å². The minimum absolute atomic E-state index is 0.0494. The average molecular weight is 446 g/mol. The van der Waals surface area contributed by atoms with Gasteiger partial charge in [0.1, 0.15) is 0 Å². The summed E-state index contributed by atoms with van der Waals surface area (Å²) < 4.78 is 28.2. The predicted octanol–water partition coefficient (Wildman–Crippen LogP) is 3.09. The molecule has 1 unspecified atom stereocenters. The van der Waals surface area contributed by atoms with Crippen LogP contribution >= 0.6 is 11.8 Å². The lowest BCUT2D eigenvalue weighted by Crippen LogP contribution is -2.43. The smallest absolute Gasteiger partial charge is 0.261 e. The summed E-state index contributed by atoms with van der Waals surface area (Å²) in [6.07, 6.45) is 2.71. The van der Waals surface area contributed by atoms with Crippen LogP contribution in [0, 0.1) is 0 Å². The number of nitrogens with zero attached hydrogens (tertiary/aromatic N) is 1. The maximum atomic E-state index is 12.8. The first-order chi connectivity index (χ1) is 14.4. The monoisotopic (exact) mass is 445 g/mol. The van der Waals surface area contributed by atoms with Gasteiger partial charge in [0.25, 0.3) is 10.0 Å². The van der Waals surface area contributed by atoms with Crippen molar-refractivity contribution in [3.8, 4) is 0 Å². The SMILES string of the molecule is CCc1cccc(NS(=O)(=O)c2ccc3c(c2)NC(=O)C(C(=O)N2CCCC2)S3)c1. The van der Waals surface area contributed by atoms with Crippen molar-refractivity contribution in [1.82, 2.24) is 4.90 Å². The minimum atomic E-state index is -3.82. The molecule has 2 heterocycles. The van der Waals surface area contributed by atoms with Gasteiger partial charge >= 0.3 is 0 Å². The molecule has 1 saturated heterocycles. The van der Waals surface area contributed by atoms with E-state index < -0.39 is 21.2 Å². The first kappa shape index (κ1) is 20.7.